The quantitative estimate of drug-likeness (QED) is 0.659. The number of rotatable bonds is 2. The summed E-state index contributed by atoms with van der Waals surface area (Å²) in [5.41, 5.74) is 3.33. The number of fused-ring (bicyclic) bond motifs is 1. The van der Waals surface area contributed by atoms with E-state index in [1.54, 1.807) is 0 Å². The van der Waals surface area contributed by atoms with E-state index in [4.69, 9.17) is 4.74 Å². The number of nitrogens with zero attached hydrogens (tertiary/aromatic N) is 1. The highest BCUT2D eigenvalue weighted by Crippen LogP contribution is 2.24. The van der Waals surface area contributed by atoms with Crippen LogP contribution in [0.25, 0.3) is 10.9 Å². The lowest BCUT2D eigenvalue weighted by molar-refractivity contribution is 0.464. The van der Waals surface area contributed by atoms with Gasteiger partial charge in [0, 0.05) is 11.5 Å². The van der Waals surface area contributed by atoms with E-state index >= 15 is 0 Å². The number of aromatic nitrogens is 1. The molecular weight excluding hydrogens is 234 g/mol. The van der Waals surface area contributed by atoms with Gasteiger partial charge in [-0.1, -0.05) is 24.3 Å². The Morgan fingerprint density at radius 1 is 0.842 bits per heavy atom. The summed E-state index contributed by atoms with van der Waals surface area (Å²) in [5, 5.41) is 1.12. The van der Waals surface area contributed by atoms with Crippen molar-refractivity contribution in [1.82, 2.24) is 4.98 Å². The molecule has 0 fully saturated rings. The minimum atomic E-state index is 0.628. The van der Waals surface area contributed by atoms with Gasteiger partial charge in [-0.05, 0) is 49.2 Å². The van der Waals surface area contributed by atoms with Gasteiger partial charge in [-0.3, -0.25) is 0 Å². The third-order valence-electron chi connectivity index (χ3n) is 2.99. The Hall–Kier alpha value is -2.35. The maximum Gasteiger partial charge on any atom is 0.219 e. The van der Waals surface area contributed by atoms with Gasteiger partial charge >= 0.3 is 0 Å². The number of pyridine rings is 1. The van der Waals surface area contributed by atoms with E-state index in [1.807, 2.05) is 48.5 Å². The van der Waals surface area contributed by atoms with Crippen LogP contribution in [0.1, 0.15) is 11.1 Å². The van der Waals surface area contributed by atoms with E-state index in [2.05, 4.69) is 24.9 Å². The summed E-state index contributed by atoms with van der Waals surface area (Å²) >= 11 is 0. The van der Waals surface area contributed by atoms with Gasteiger partial charge in [-0.2, -0.15) is 0 Å². The molecule has 2 aromatic carbocycles. The molecule has 94 valence electrons. The van der Waals surface area contributed by atoms with Crippen molar-refractivity contribution in [3.63, 3.8) is 0 Å². The molecule has 0 spiro atoms. The normalized spacial score (nSPS) is 10.6. The monoisotopic (exact) mass is 249 g/mol. The fourth-order valence-electron chi connectivity index (χ4n) is 2.22. The van der Waals surface area contributed by atoms with E-state index in [9.17, 15) is 0 Å². The lowest BCUT2D eigenvalue weighted by atomic mass is 10.1. The average molecular weight is 249 g/mol. The molecule has 0 aliphatic carbocycles. The van der Waals surface area contributed by atoms with Crippen molar-refractivity contribution in [3.05, 3.63) is 65.7 Å². The molecule has 0 saturated heterocycles. The molecule has 1 heterocycles. The number of hydrogen-bond acceptors (Lipinski definition) is 2. The van der Waals surface area contributed by atoms with E-state index in [0.29, 0.717) is 5.88 Å². The number of para-hydroxylation sites is 1. The molecule has 0 bridgehead atoms. The fourth-order valence-corrected chi connectivity index (χ4v) is 2.22. The van der Waals surface area contributed by atoms with Crippen LogP contribution < -0.4 is 4.74 Å². The van der Waals surface area contributed by atoms with Crippen molar-refractivity contribution < 1.29 is 4.74 Å². The second-order valence-corrected chi connectivity index (χ2v) is 4.77. The van der Waals surface area contributed by atoms with E-state index in [1.165, 1.54) is 11.1 Å². The van der Waals surface area contributed by atoms with E-state index in [0.717, 1.165) is 16.7 Å². The highest BCUT2D eigenvalue weighted by Gasteiger charge is 2.02. The Morgan fingerprint density at radius 2 is 1.58 bits per heavy atom. The summed E-state index contributed by atoms with van der Waals surface area (Å²) in [6.45, 7) is 4.13. The summed E-state index contributed by atoms with van der Waals surface area (Å²) in [4.78, 5) is 4.51. The molecule has 0 unspecified atom stereocenters. The first-order chi connectivity index (χ1) is 9.20. The molecule has 1 aromatic heterocycles. The minimum Gasteiger partial charge on any atom is -0.439 e. The zero-order valence-corrected chi connectivity index (χ0v) is 11.1. The second-order valence-electron chi connectivity index (χ2n) is 4.77. The predicted octanol–water partition coefficient (Wildman–Crippen LogP) is 4.64. The van der Waals surface area contributed by atoms with Gasteiger partial charge in [0.2, 0.25) is 5.88 Å². The number of benzene rings is 2. The SMILES string of the molecule is Cc1cc(C)cc(Oc2ccc3ccccc3n2)c1. The fraction of sp³-hybridized carbons (Fsp3) is 0.118. The molecule has 0 atom stereocenters. The minimum absolute atomic E-state index is 0.628. The third-order valence-corrected chi connectivity index (χ3v) is 2.99. The Morgan fingerprint density at radius 3 is 2.37 bits per heavy atom. The Kier molecular flexibility index (Phi) is 2.92. The van der Waals surface area contributed by atoms with Crippen molar-refractivity contribution >= 4 is 10.9 Å². The lowest BCUT2D eigenvalue weighted by Gasteiger charge is -2.07. The maximum atomic E-state index is 5.84. The van der Waals surface area contributed by atoms with Crippen LogP contribution in [0.4, 0.5) is 0 Å². The van der Waals surface area contributed by atoms with Crippen LogP contribution in [-0.4, -0.2) is 4.98 Å². The molecule has 0 saturated carbocycles. The van der Waals surface area contributed by atoms with Crippen LogP contribution in [-0.2, 0) is 0 Å². The van der Waals surface area contributed by atoms with Crippen LogP contribution in [0.2, 0.25) is 0 Å². The summed E-state index contributed by atoms with van der Waals surface area (Å²) in [5.74, 6) is 1.46. The molecule has 2 nitrogen and oxygen atoms in total. The van der Waals surface area contributed by atoms with Gasteiger partial charge in [0.15, 0.2) is 0 Å². The molecule has 3 rings (SSSR count). The molecule has 0 aliphatic rings. The predicted molar refractivity (Wildman–Crippen MR) is 77.7 cm³/mol. The smallest absolute Gasteiger partial charge is 0.219 e. The highest BCUT2D eigenvalue weighted by molar-refractivity contribution is 5.78. The van der Waals surface area contributed by atoms with Crippen molar-refractivity contribution in [3.8, 4) is 11.6 Å². The van der Waals surface area contributed by atoms with Gasteiger partial charge in [-0.15, -0.1) is 0 Å². The molecule has 3 aromatic rings. The van der Waals surface area contributed by atoms with Crippen molar-refractivity contribution in [2.75, 3.05) is 0 Å². The topological polar surface area (TPSA) is 22.1 Å². The molecule has 0 N–H and O–H groups in total. The maximum absolute atomic E-state index is 5.84. The number of hydrogen-bond donors (Lipinski definition) is 0. The van der Waals surface area contributed by atoms with Gasteiger partial charge < -0.3 is 4.74 Å². The van der Waals surface area contributed by atoms with Crippen molar-refractivity contribution in [2.45, 2.75) is 13.8 Å². The molecule has 0 amide bonds. The molecule has 2 heteroatoms. The largest absolute Gasteiger partial charge is 0.439 e. The highest BCUT2D eigenvalue weighted by atomic mass is 16.5. The molecule has 19 heavy (non-hydrogen) atoms. The van der Waals surface area contributed by atoms with Crippen LogP contribution in [0.5, 0.6) is 11.6 Å². The Balaban J connectivity index is 1.96. The van der Waals surface area contributed by atoms with Crippen LogP contribution in [0.3, 0.4) is 0 Å². The zero-order chi connectivity index (χ0) is 13.2. The summed E-state index contributed by atoms with van der Waals surface area (Å²) in [7, 11) is 0. The summed E-state index contributed by atoms with van der Waals surface area (Å²) < 4.78 is 5.84. The number of ether oxygens (including phenoxy) is 1. The lowest BCUT2D eigenvalue weighted by Crippen LogP contribution is -1.90. The summed E-state index contributed by atoms with van der Waals surface area (Å²) in [6.07, 6.45) is 0. The van der Waals surface area contributed by atoms with Gasteiger partial charge in [-0.25, -0.2) is 4.98 Å². The van der Waals surface area contributed by atoms with Gasteiger partial charge in [0.1, 0.15) is 5.75 Å². The first kappa shape index (κ1) is 11.7. The molecular formula is C17H15NO. The first-order valence-corrected chi connectivity index (χ1v) is 6.33. The Bertz CT molecular complexity index is 714. The number of aryl methyl sites for hydroxylation is 2. The second kappa shape index (κ2) is 4.73. The van der Waals surface area contributed by atoms with Crippen LogP contribution in [0, 0.1) is 13.8 Å². The van der Waals surface area contributed by atoms with Crippen LogP contribution in [0.15, 0.2) is 54.6 Å². The first-order valence-electron chi connectivity index (χ1n) is 6.33. The van der Waals surface area contributed by atoms with Crippen molar-refractivity contribution in [1.29, 1.82) is 0 Å². The van der Waals surface area contributed by atoms with Crippen LogP contribution >= 0.6 is 0 Å². The van der Waals surface area contributed by atoms with Gasteiger partial charge in [0.25, 0.3) is 0 Å². The zero-order valence-electron chi connectivity index (χ0n) is 11.1. The Labute approximate surface area is 112 Å². The third kappa shape index (κ3) is 2.58. The summed E-state index contributed by atoms with van der Waals surface area (Å²) in [6, 6.07) is 18.1. The molecule has 0 aliphatic heterocycles. The average Bonchev–Trinajstić information content (AvgIpc) is 2.37. The van der Waals surface area contributed by atoms with E-state index in [-0.39, 0.29) is 0 Å². The standard InChI is InChI=1S/C17H15NO/c1-12-9-13(2)11-15(10-12)19-17-8-7-14-5-3-4-6-16(14)18-17/h3-11H,1-2H3. The van der Waals surface area contributed by atoms with Gasteiger partial charge in [0.05, 0.1) is 5.52 Å². The van der Waals surface area contributed by atoms with E-state index < -0.39 is 0 Å². The molecule has 0 radical (unpaired) electrons. The van der Waals surface area contributed by atoms with Crippen molar-refractivity contribution in [2.24, 2.45) is 0 Å².